The van der Waals surface area contributed by atoms with Gasteiger partial charge in [0, 0.05) is 16.9 Å². The van der Waals surface area contributed by atoms with Gasteiger partial charge in [-0.05, 0) is 60.9 Å². The summed E-state index contributed by atoms with van der Waals surface area (Å²) in [5, 5.41) is 10.7. The van der Waals surface area contributed by atoms with Crippen LogP contribution in [0.1, 0.15) is 28.4 Å². The summed E-state index contributed by atoms with van der Waals surface area (Å²) in [6.07, 6.45) is 4.11. The van der Waals surface area contributed by atoms with Gasteiger partial charge in [0.05, 0.1) is 7.11 Å². The zero-order chi connectivity index (χ0) is 17.8. The lowest BCUT2D eigenvalue weighted by molar-refractivity contribution is 0.102. The first-order valence-electron chi connectivity index (χ1n) is 8.06. The van der Waals surface area contributed by atoms with Gasteiger partial charge in [-0.1, -0.05) is 6.92 Å². The van der Waals surface area contributed by atoms with Crippen molar-refractivity contribution in [2.45, 2.75) is 20.3 Å². The number of aryl methyl sites for hydroxylation is 2. The van der Waals surface area contributed by atoms with Crippen molar-refractivity contribution in [3.63, 3.8) is 0 Å². The fourth-order valence-corrected chi connectivity index (χ4v) is 2.71. The lowest BCUT2D eigenvalue weighted by Gasteiger charge is -2.16. The number of nitrogens with one attached hydrogen (secondary N) is 1. The molecule has 3 aromatic rings. The van der Waals surface area contributed by atoms with Crippen molar-refractivity contribution < 1.29 is 9.53 Å². The van der Waals surface area contributed by atoms with Crippen molar-refractivity contribution in [3.05, 3.63) is 65.7 Å². The molecular weight excluding hydrogens is 316 g/mol. The molecule has 2 aromatic carbocycles. The zero-order valence-corrected chi connectivity index (χ0v) is 14.5. The predicted octanol–water partition coefficient (Wildman–Crippen LogP) is 3.40. The number of anilines is 1. The Bertz CT molecular complexity index is 871. The average Bonchev–Trinajstić information content (AvgIpc) is 3.17. The van der Waals surface area contributed by atoms with Gasteiger partial charge in [0.25, 0.3) is 5.91 Å². The third-order valence-corrected chi connectivity index (χ3v) is 4.09. The van der Waals surface area contributed by atoms with E-state index in [1.165, 1.54) is 0 Å². The van der Waals surface area contributed by atoms with Gasteiger partial charge >= 0.3 is 0 Å². The van der Waals surface area contributed by atoms with Crippen molar-refractivity contribution in [2.75, 3.05) is 12.4 Å². The third kappa shape index (κ3) is 3.52. The number of nitrogens with zero attached hydrogens (tertiary/aromatic N) is 3. The summed E-state index contributed by atoms with van der Waals surface area (Å²) in [5.41, 5.74) is 4.46. The van der Waals surface area contributed by atoms with Crippen molar-refractivity contribution in [1.82, 2.24) is 14.8 Å². The minimum absolute atomic E-state index is 0.141. The summed E-state index contributed by atoms with van der Waals surface area (Å²) in [6, 6.07) is 11.1. The molecule has 0 saturated carbocycles. The van der Waals surface area contributed by atoms with E-state index in [4.69, 9.17) is 4.74 Å². The molecule has 0 aliphatic carbocycles. The van der Waals surface area contributed by atoms with Crippen LogP contribution >= 0.6 is 0 Å². The van der Waals surface area contributed by atoms with Gasteiger partial charge in [-0.25, -0.2) is 0 Å². The Morgan fingerprint density at radius 1 is 1.16 bits per heavy atom. The van der Waals surface area contributed by atoms with Crippen LogP contribution < -0.4 is 10.1 Å². The van der Waals surface area contributed by atoms with Gasteiger partial charge in [-0.2, -0.15) is 0 Å². The molecule has 0 saturated heterocycles. The highest BCUT2D eigenvalue weighted by Crippen LogP contribution is 2.26. The van der Waals surface area contributed by atoms with Crippen molar-refractivity contribution in [1.29, 1.82) is 0 Å². The van der Waals surface area contributed by atoms with E-state index >= 15 is 0 Å². The van der Waals surface area contributed by atoms with Gasteiger partial charge in [-0.15, -0.1) is 10.2 Å². The molecule has 1 aromatic heterocycles. The molecule has 6 heteroatoms. The maximum atomic E-state index is 12.6. The van der Waals surface area contributed by atoms with E-state index in [-0.39, 0.29) is 5.91 Å². The van der Waals surface area contributed by atoms with E-state index in [0.29, 0.717) is 5.56 Å². The highest BCUT2D eigenvalue weighted by atomic mass is 16.5. The highest BCUT2D eigenvalue weighted by molar-refractivity contribution is 6.05. The van der Waals surface area contributed by atoms with Crippen molar-refractivity contribution in [2.24, 2.45) is 0 Å². The number of ether oxygens (including phenoxy) is 1. The molecule has 6 nitrogen and oxygen atoms in total. The summed E-state index contributed by atoms with van der Waals surface area (Å²) in [6.45, 7) is 4.05. The van der Waals surface area contributed by atoms with Crippen LogP contribution in [0, 0.1) is 6.92 Å². The van der Waals surface area contributed by atoms with Crippen LogP contribution in [0.25, 0.3) is 5.69 Å². The first-order valence-corrected chi connectivity index (χ1v) is 8.06. The number of hydrogen-bond donors (Lipinski definition) is 1. The molecule has 25 heavy (non-hydrogen) atoms. The lowest BCUT2D eigenvalue weighted by Crippen LogP contribution is -2.14. The summed E-state index contributed by atoms with van der Waals surface area (Å²) < 4.78 is 6.98. The fourth-order valence-electron chi connectivity index (χ4n) is 2.71. The summed E-state index contributed by atoms with van der Waals surface area (Å²) in [7, 11) is 1.60. The van der Waals surface area contributed by atoms with Crippen LogP contribution in [0.4, 0.5) is 5.69 Å². The normalized spacial score (nSPS) is 10.5. The number of hydrogen-bond acceptors (Lipinski definition) is 4. The lowest BCUT2D eigenvalue weighted by atomic mass is 10.0. The molecule has 1 heterocycles. The SMILES string of the molecule is CCc1cc(-n2cnnc2)cc(C)c1NC(=O)c1ccc(OC)cc1. The van der Waals surface area contributed by atoms with Crippen molar-refractivity contribution >= 4 is 11.6 Å². The molecule has 0 aliphatic heterocycles. The van der Waals surface area contributed by atoms with Crippen LogP contribution in [-0.4, -0.2) is 27.8 Å². The van der Waals surface area contributed by atoms with Gasteiger partial charge in [-0.3, -0.25) is 9.36 Å². The maximum Gasteiger partial charge on any atom is 0.255 e. The molecule has 3 rings (SSSR count). The molecule has 0 atom stereocenters. The van der Waals surface area contributed by atoms with E-state index in [1.54, 1.807) is 44.0 Å². The van der Waals surface area contributed by atoms with Crippen LogP contribution in [0.15, 0.2) is 49.1 Å². The molecule has 1 N–H and O–H groups in total. The number of rotatable bonds is 5. The van der Waals surface area contributed by atoms with E-state index in [9.17, 15) is 4.79 Å². The Kier molecular flexibility index (Phi) is 4.79. The molecular formula is C19H20N4O2. The van der Waals surface area contributed by atoms with Crippen LogP contribution in [0.3, 0.4) is 0 Å². The van der Waals surface area contributed by atoms with Gasteiger partial charge in [0.15, 0.2) is 0 Å². The minimum atomic E-state index is -0.141. The molecule has 0 fully saturated rings. The number of benzene rings is 2. The van der Waals surface area contributed by atoms with E-state index in [2.05, 4.69) is 22.4 Å². The minimum Gasteiger partial charge on any atom is -0.497 e. The molecule has 0 bridgehead atoms. The average molecular weight is 336 g/mol. The summed E-state index contributed by atoms with van der Waals surface area (Å²) >= 11 is 0. The van der Waals surface area contributed by atoms with Crippen molar-refractivity contribution in [3.8, 4) is 11.4 Å². The number of aromatic nitrogens is 3. The fraction of sp³-hybridized carbons (Fsp3) is 0.211. The first kappa shape index (κ1) is 16.7. The maximum absolute atomic E-state index is 12.6. The highest BCUT2D eigenvalue weighted by Gasteiger charge is 2.13. The molecule has 1 amide bonds. The number of carbonyl (C=O) groups excluding carboxylic acids is 1. The smallest absolute Gasteiger partial charge is 0.255 e. The van der Waals surface area contributed by atoms with E-state index in [0.717, 1.165) is 34.7 Å². The first-order chi connectivity index (χ1) is 12.1. The monoisotopic (exact) mass is 336 g/mol. The van der Waals surface area contributed by atoms with Gasteiger partial charge < -0.3 is 10.1 Å². The molecule has 0 aliphatic rings. The standard InChI is InChI=1S/C19H20N4O2/c1-4-14-10-16(23-11-20-21-12-23)9-13(2)18(14)22-19(24)15-5-7-17(25-3)8-6-15/h5-12H,4H2,1-3H3,(H,22,24). The number of methoxy groups -OCH3 is 1. The van der Waals surface area contributed by atoms with E-state index in [1.807, 2.05) is 23.6 Å². The number of amides is 1. The molecule has 0 radical (unpaired) electrons. The van der Waals surface area contributed by atoms with E-state index < -0.39 is 0 Å². The van der Waals surface area contributed by atoms with Crippen LogP contribution in [0.2, 0.25) is 0 Å². The summed E-state index contributed by atoms with van der Waals surface area (Å²) in [5.74, 6) is 0.581. The zero-order valence-electron chi connectivity index (χ0n) is 14.5. The Morgan fingerprint density at radius 3 is 2.44 bits per heavy atom. The molecule has 0 unspecified atom stereocenters. The molecule has 0 spiro atoms. The van der Waals surface area contributed by atoms with Crippen LogP contribution in [0.5, 0.6) is 5.75 Å². The molecule has 128 valence electrons. The Labute approximate surface area is 146 Å². The van der Waals surface area contributed by atoms with Gasteiger partial charge in [0.2, 0.25) is 0 Å². The quantitative estimate of drug-likeness (QED) is 0.775. The Morgan fingerprint density at radius 2 is 1.84 bits per heavy atom. The second-order valence-corrected chi connectivity index (χ2v) is 5.70. The topological polar surface area (TPSA) is 69.0 Å². The predicted molar refractivity (Wildman–Crippen MR) is 96.4 cm³/mol. The number of carbonyl (C=O) groups is 1. The largest absolute Gasteiger partial charge is 0.497 e. The summed E-state index contributed by atoms with van der Waals surface area (Å²) in [4.78, 5) is 12.6. The Balaban J connectivity index is 1.89. The van der Waals surface area contributed by atoms with Crippen LogP contribution in [-0.2, 0) is 6.42 Å². The van der Waals surface area contributed by atoms with Gasteiger partial charge in [0.1, 0.15) is 18.4 Å². The second kappa shape index (κ2) is 7.17. The Hall–Kier alpha value is -3.15. The second-order valence-electron chi connectivity index (χ2n) is 5.70. The third-order valence-electron chi connectivity index (χ3n) is 4.09.